The van der Waals surface area contributed by atoms with E-state index < -0.39 is 0 Å². The van der Waals surface area contributed by atoms with Gasteiger partial charge in [0.1, 0.15) is 22.9 Å². The van der Waals surface area contributed by atoms with Crippen LogP contribution >= 0.6 is 0 Å². The lowest BCUT2D eigenvalue weighted by Gasteiger charge is -2.12. The van der Waals surface area contributed by atoms with Crippen molar-refractivity contribution in [1.29, 1.82) is 0 Å². The number of ether oxygens (including phenoxy) is 4. The van der Waals surface area contributed by atoms with Crippen molar-refractivity contribution < 1.29 is 37.6 Å². The van der Waals surface area contributed by atoms with Crippen molar-refractivity contribution >= 4 is 11.9 Å². The number of hydrogen-bond donors (Lipinski definition) is 0. The largest absolute Gasteiger partial charge is 0.497 e. The molecule has 230 valence electrons. The average Bonchev–Trinajstić information content (AvgIpc) is 3.89. The zero-order valence-electron chi connectivity index (χ0n) is 25.0. The van der Waals surface area contributed by atoms with Gasteiger partial charge in [0.25, 0.3) is 0 Å². The molecule has 2 aromatic heterocycles. The number of nitrogens with zero attached hydrogens (tertiary/aromatic N) is 2. The second-order valence-corrected chi connectivity index (χ2v) is 11.4. The van der Waals surface area contributed by atoms with E-state index in [1.54, 1.807) is 26.4 Å². The molecule has 0 N–H and O–H groups in total. The van der Waals surface area contributed by atoms with E-state index in [1.165, 1.54) is 0 Å². The maximum absolute atomic E-state index is 12.4. The molecule has 0 unspecified atom stereocenters. The third kappa shape index (κ3) is 6.64. The molecule has 6 rings (SSSR count). The number of hydrogen-bond acceptors (Lipinski definition) is 10. The Kier molecular flexibility index (Phi) is 8.95. The van der Waals surface area contributed by atoms with Gasteiger partial charge in [-0.15, -0.1) is 0 Å². The fourth-order valence-corrected chi connectivity index (χ4v) is 6.00. The summed E-state index contributed by atoms with van der Waals surface area (Å²) >= 11 is 0. The Labute approximate surface area is 255 Å². The minimum atomic E-state index is -0.186. The summed E-state index contributed by atoms with van der Waals surface area (Å²) in [6.45, 7) is 0.0572. The van der Waals surface area contributed by atoms with Crippen LogP contribution in [-0.4, -0.2) is 36.5 Å². The van der Waals surface area contributed by atoms with Crippen molar-refractivity contribution in [3.05, 3.63) is 60.1 Å². The molecule has 0 bridgehead atoms. The van der Waals surface area contributed by atoms with E-state index >= 15 is 0 Å². The van der Waals surface area contributed by atoms with E-state index in [-0.39, 0.29) is 37.0 Å². The second-order valence-electron chi connectivity index (χ2n) is 11.4. The molecular formula is C34H36N2O8. The predicted molar refractivity (Wildman–Crippen MR) is 159 cm³/mol. The van der Waals surface area contributed by atoms with Gasteiger partial charge in [-0.2, -0.15) is 0 Å². The van der Waals surface area contributed by atoms with Crippen molar-refractivity contribution in [3.8, 4) is 45.1 Å². The van der Waals surface area contributed by atoms with Gasteiger partial charge in [0.05, 0.1) is 26.1 Å². The monoisotopic (exact) mass is 600 g/mol. The summed E-state index contributed by atoms with van der Waals surface area (Å²) in [6.07, 6.45) is 7.75. The average molecular weight is 601 g/mol. The number of methoxy groups -OCH3 is 2. The van der Waals surface area contributed by atoms with Crippen LogP contribution in [0.3, 0.4) is 0 Å². The molecule has 0 saturated heterocycles. The predicted octanol–water partition coefficient (Wildman–Crippen LogP) is 7.15. The Morgan fingerprint density at radius 2 is 1.20 bits per heavy atom. The Morgan fingerprint density at radius 1 is 0.659 bits per heavy atom. The molecule has 0 aliphatic heterocycles. The molecule has 4 aromatic rings. The summed E-state index contributed by atoms with van der Waals surface area (Å²) in [5, 5.41) is 8.53. The summed E-state index contributed by atoms with van der Waals surface area (Å²) in [4.78, 5) is 24.8. The fraction of sp³-hybridized carbons (Fsp3) is 0.412. The highest BCUT2D eigenvalue weighted by Gasteiger charge is 2.26. The summed E-state index contributed by atoms with van der Waals surface area (Å²) in [5.41, 5.74) is 4.37. The first-order valence-corrected chi connectivity index (χ1v) is 15.1. The minimum Gasteiger partial charge on any atom is -0.497 e. The maximum atomic E-state index is 12.4. The number of aromatic nitrogens is 2. The third-order valence-corrected chi connectivity index (χ3v) is 8.46. The zero-order valence-corrected chi connectivity index (χ0v) is 25.0. The van der Waals surface area contributed by atoms with Gasteiger partial charge in [-0.05, 0) is 67.1 Å². The molecule has 10 nitrogen and oxygen atoms in total. The van der Waals surface area contributed by atoms with Crippen LogP contribution in [0.4, 0.5) is 0 Å². The highest BCUT2D eigenvalue weighted by atomic mass is 16.6. The molecular weight excluding hydrogens is 564 g/mol. The van der Waals surface area contributed by atoms with E-state index in [9.17, 15) is 9.59 Å². The molecule has 2 aliphatic carbocycles. The van der Waals surface area contributed by atoms with Gasteiger partial charge in [0, 0.05) is 23.3 Å². The van der Waals surface area contributed by atoms with Crippen molar-refractivity contribution in [3.63, 3.8) is 0 Å². The van der Waals surface area contributed by atoms with Crippen LogP contribution in [0.25, 0.3) is 33.6 Å². The number of benzene rings is 2. The van der Waals surface area contributed by atoms with Crippen molar-refractivity contribution in [1.82, 2.24) is 10.3 Å². The highest BCUT2D eigenvalue weighted by molar-refractivity contribution is 5.85. The van der Waals surface area contributed by atoms with Gasteiger partial charge in [-0.3, -0.25) is 9.59 Å². The molecule has 2 fully saturated rings. The summed E-state index contributed by atoms with van der Waals surface area (Å²) in [7, 11) is 3.21. The van der Waals surface area contributed by atoms with E-state index in [1.807, 2.05) is 36.4 Å². The second kappa shape index (κ2) is 13.4. The van der Waals surface area contributed by atoms with E-state index in [4.69, 9.17) is 28.0 Å². The standard InChI is InChI=1S/C34H36N2O8/c1-39-25-11-12-29(30(16-25)32-18-28(44-36-32)20-42-34(38)22-9-5-6-10-22)23-13-24(15-26(14-23)40-2)31-17-27(43-35-31)19-41-33(37)21-7-3-4-8-21/h11-18,21-22H,3-10,19-20H2,1-2H3. The van der Waals surface area contributed by atoms with Gasteiger partial charge in [0.2, 0.25) is 0 Å². The van der Waals surface area contributed by atoms with Crippen LogP contribution in [0.2, 0.25) is 0 Å². The summed E-state index contributed by atoms with van der Waals surface area (Å²) in [5.74, 6) is 1.77. The topological polar surface area (TPSA) is 123 Å². The first-order valence-electron chi connectivity index (χ1n) is 15.1. The zero-order chi connectivity index (χ0) is 30.5. The Balaban J connectivity index is 1.24. The van der Waals surface area contributed by atoms with Crippen LogP contribution in [0.15, 0.2) is 57.6 Å². The Morgan fingerprint density at radius 3 is 1.80 bits per heavy atom. The molecule has 2 saturated carbocycles. The maximum Gasteiger partial charge on any atom is 0.309 e. The smallest absolute Gasteiger partial charge is 0.309 e. The van der Waals surface area contributed by atoms with E-state index in [0.717, 1.165) is 73.6 Å². The fourth-order valence-electron chi connectivity index (χ4n) is 6.00. The summed E-state index contributed by atoms with van der Waals surface area (Å²) < 4.78 is 33.2. The van der Waals surface area contributed by atoms with Gasteiger partial charge < -0.3 is 28.0 Å². The molecule has 2 aromatic carbocycles. The molecule has 2 heterocycles. The summed E-state index contributed by atoms with van der Waals surface area (Å²) in [6, 6.07) is 15.0. The van der Waals surface area contributed by atoms with Crippen LogP contribution in [-0.2, 0) is 32.3 Å². The Bertz CT molecular complexity index is 1610. The van der Waals surface area contributed by atoms with Gasteiger partial charge >= 0.3 is 11.9 Å². The molecule has 0 spiro atoms. The molecule has 44 heavy (non-hydrogen) atoms. The molecule has 2 aliphatic rings. The van der Waals surface area contributed by atoms with Crippen molar-refractivity contribution in [2.75, 3.05) is 14.2 Å². The van der Waals surface area contributed by atoms with Gasteiger partial charge in [0.15, 0.2) is 24.7 Å². The van der Waals surface area contributed by atoms with E-state index in [2.05, 4.69) is 10.3 Å². The van der Waals surface area contributed by atoms with Crippen LogP contribution < -0.4 is 9.47 Å². The lowest BCUT2D eigenvalue weighted by Crippen LogP contribution is -2.14. The van der Waals surface area contributed by atoms with E-state index in [0.29, 0.717) is 34.4 Å². The van der Waals surface area contributed by atoms with Gasteiger partial charge in [-0.1, -0.05) is 42.1 Å². The first-order chi connectivity index (χ1) is 21.5. The lowest BCUT2D eigenvalue weighted by atomic mass is 9.95. The normalized spacial score (nSPS) is 15.4. The van der Waals surface area contributed by atoms with Crippen LogP contribution in [0.5, 0.6) is 11.5 Å². The minimum absolute atomic E-state index is 0.0232. The number of esters is 2. The molecule has 0 radical (unpaired) electrons. The highest BCUT2D eigenvalue weighted by Crippen LogP contribution is 2.39. The molecule has 0 amide bonds. The molecule has 0 atom stereocenters. The number of carbonyl (C=O) groups excluding carboxylic acids is 2. The van der Waals surface area contributed by atoms with Crippen LogP contribution in [0.1, 0.15) is 62.9 Å². The first kappa shape index (κ1) is 29.5. The van der Waals surface area contributed by atoms with Crippen molar-refractivity contribution in [2.24, 2.45) is 11.8 Å². The number of rotatable bonds is 11. The molecule has 10 heteroatoms. The van der Waals surface area contributed by atoms with Crippen LogP contribution in [0, 0.1) is 11.8 Å². The van der Waals surface area contributed by atoms with Gasteiger partial charge in [-0.25, -0.2) is 0 Å². The lowest BCUT2D eigenvalue weighted by molar-refractivity contribution is -0.151. The third-order valence-electron chi connectivity index (χ3n) is 8.46. The quantitative estimate of drug-likeness (QED) is 0.164. The Hall–Kier alpha value is -4.60. The SMILES string of the molecule is COc1cc(-c2cc(COC(=O)C3CCCC3)on2)cc(-c2ccc(OC)cc2-c2cc(COC(=O)C3CCCC3)on2)c1. The number of carbonyl (C=O) groups is 2. The van der Waals surface area contributed by atoms with Crippen molar-refractivity contribution in [2.45, 2.75) is 64.6 Å².